The Morgan fingerprint density at radius 3 is 2.64 bits per heavy atom. The van der Waals surface area contributed by atoms with Crippen molar-refractivity contribution in [1.29, 1.82) is 0 Å². The molecule has 0 radical (unpaired) electrons. The molecule has 0 fully saturated rings. The van der Waals surface area contributed by atoms with Crippen molar-refractivity contribution < 1.29 is 4.79 Å². The molecule has 2 heteroatoms. The number of carbonyl (C=O) groups excluding carboxylic acids is 1. The second-order valence-corrected chi connectivity index (χ2v) is 4.75. The molecule has 14 heavy (non-hydrogen) atoms. The van der Waals surface area contributed by atoms with Gasteiger partial charge in [-0.3, -0.25) is 4.79 Å². The lowest BCUT2D eigenvalue weighted by atomic mass is 10.0. The first-order valence-electron chi connectivity index (χ1n) is 4.76. The molecule has 0 saturated heterocycles. The van der Waals surface area contributed by atoms with Crippen LogP contribution in [0.3, 0.4) is 0 Å². The minimum Gasteiger partial charge on any atom is -0.294 e. The van der Waals surface area contributed by atoms with Gasteiger partial charge in [-0.15, -0.1) is 0 Å². The minimum absolute atomic E-state index is 0.162. The minimum atomic E-state index is 0.162. The molecule has 0 N–H and O–H groups in total. The largest absolute Gasteiger partial charge is 0.294 e. The number of thioether (sulfide) groups is 1. The number of rotatable bonds is 3. The molecule has 76 valence electrons. The van der Waals surface area contributed by atoms with E-state index >= 15 is 0 Å². The molecule has 0 spiro atoms. The van der Waals surface area contributed by atoms with Crippen molar-refractivity contribution in [3.05, 3.63) is 34.1 Å². The van der Waals surface area contributed by atoms with Crippen LogP contribution in [0.5, 0.6) is 0 Å². The number of carbonyl (C=O) groups is 1. The van der Waals surface area contributed by atoms with Crippen molar-refractivity contribution in [2.75, 3.05) is 0 Å². The van der Waals surface area contributed by atoms with E-state index in [-0.39, 0.29) is 5.78 Å². The summed E-state index contributed by atoms with van der Waals surface area (Å²) in [6.45, 7) is 9.71. The van der Waals surface area contributed by atoms with E-state index in [4.69, 9.17) is 0 Å². The van der Waals surface area contributed by atoms with E-state index < -0.39 is 0 Å². The molecule has 1 rings (SSSR count). The quantitative estimate of drug-likeness (QED) is 0.658. The Kier molecular flexibility index (Phi) is 3.76. The second kappa shape index (κ2) is 4.65. The van der Waals surface area contributed by atoms with Crippen LogP contribution in [0.4, 0.5) is 0 Å². The Morgan fingerprint density at radius 1 is 1.50 bits per heavy atom. The van der Waals surface area contributed by atoms with E-state index in [1.165, 1.54) is 4.91 Å². The van der Waals surface area contributed by atoms with Crippen LogP contribution in [0.15, 0.2) is 34.1 Å². The van der Waals surface area contributed by atoms with Crippen molar-refractivity contribution in [3.8, 4) is 0 Å². The van der Waals surface area contributed by atoms with Gasteiger partial charge in [-0.2, -0.15) is 0 Å². The van der Waals surface area contributed by atoms with Gasteiger partial charge >= 0.3 is 0 Å². The number of Topliss-reactive ketones (excluding diaryl/α,β-unsaturated/α-hetero) is 1. The standard InChI is InChI=1S/C12H16OS/c1-8(2)9(3)11-6-5-7-12(14-11)10(4)13/h6-7,9H,1,5H2,2-4H3. The van der Waals surface area contributed by atoms with Crippen LogP contribution in [0.25, 0.3) is 0 Å². The van der Waals surface area contributed by atoms with E-state index in [9.17, 15) is 4.79 Å². The van der Waals surface area contributed by atoms with Gasteiger partial charge in [-0.05, 0) is 25.2 Å². The SMILES string of the molecule is C=C(C)C(C)C1=CCC=C(C(C)=O)S1. The zero-order valence-electron chi connectivity index (χ0n) is 8.96. The van der Waals surface area contributed by atoms with Gasteiger partial charge in [0.05, 0.1) is 4.91 Å². The van der Waals surface area contributed by atoms with Crippen LogP contribution in [-0.2, 0) is 4.79 Å². The van der Waals surface area contributed by atoms with E-state index in [1.807, 2.05) is 13.0 Å². The lowest BCUT2D eigenvalue weighted by molar-refractivity contribution is -0.112. The monoisotopic (exact) mass is 208 g/mol. The first-order chi connectivity index (χ1) is 6.52. The molecule has 1 atom stereocenters. The average molecular weight is 208 g/mol. The van der Waals surface area contributed by atoms with Gasteiger partial charge in [-0.25, -0.2) is 0 Å². The fourth-order valence-electron chi connectivity index (χ4n) is 1.22. The lowest BCUT2D eigenvalue weighted by Crippen LogP contribution is -2.03. The topological polar surface area (TPSA) is 17.1 Å². The third-order valence-corrected chi connectivity index (χ3v) is 3.79. The van der Waals surface area contributed by atoms with Crippen LogP contribution in [0, 0.1) is 5.92 Å². The van der Waals surface area contributed by atoms with Crippen molar-refractivity contribution in [2.24, 2.45) is 5.92 Å². The number of ketones is 1. The highest BCUT2D eigenvalue weighted by molar-refractivity contribution is 8.07. The maximum Gasteiger partial charge on any atom is 0.166 e. The van der Waals surface area contributed by atoms with Crippen LogP contribution in [0.2, 0.25) is 0 Å². The summed E-state index contributed by atoms with van der Waals surface area (Å²) >= 11 is 1.59. The predicted octanol–water partition coefficient (Wildman–Crippen LogP) is 3.69. The smallest absolute Gasteiger partial charge is 0.166 e. The predicted molar refractivity (Wildman–Crippen MR) is 63.0 cm³/mol. The Balaban J connectivity index is 2.73. The summed E-state index contributed by atoms with van der Waals surface area (Å²) < 4.78 is 0. The van der Waals surface area contributed by atoms with Crippen LogP contribution in [0.1, 0.15) is 27.2 Å². The molecule has 0 aromatic rings. The molecule has 0 aliphatic carbocycles. The van der Waals surface area contributed by atoms with Gasteiger partial charge < -0.3 is 0 Å². The lowest BCUT2D eigenvalue weighted by Gasteiger charge is -2.19. The number of allylic oxidation sites excluding steroid dienone is 5. The molecule has 0 saturated carbocycles. The molecule has 1 nitrogen and oxygen atoms in total. The molecular formula is C12H16OS. The van der Waals surface area contributed by atoms with Gasteiger partial charge in [0.15, 0.2) is 5.78 Å². The Bertz CT molecular complexity index is 323. The number of hydrogen-bond acceptors (Lipinski definition) is 2. The summed E-state index contributed by atoms with van der Waals surface area (Å²) in [5.41, 5.74) is 1.15. The van der Waals surface area contributed by atoms with E-state index in [2.05, 4.69) is 19.6 Å². The summed E-state index contributed by atoms with van der Waals surface area (Å²) in [7, 11) is 0. The Morgan fingerprint density at radius 2 is 2.14 bits per heavy atom. The summed E-state index contributed by atoms with van der Waals surface area (Å²) in [5, 5.41) is 0. The van der Waals surface area contributed by atoms with Gasteiger partial charge in [0, 0.05) is 5.92 Å². The van der Waals surface area contributed by atoms with Gasteiger partial charge in [0.2, 0.25) is 0 Å². The molecule has 0 bridgehead atoms. The van der Waals surface area contributed by atoms with Crippen molar-refractivity contribution in [3.63, 3.8) is 0 Å². The fourth-order valence-corrected chi connectivity index (χ4v) is 2.35. The first-order valence-corrected chi connectivity index (χ1v) is 5.58. The zero-order valence-corrected chi connectivity index (χ0v) is 9.78. The molecule has 0 aromatic heterocycles. The first kappa shape index (κ1) is 11.3. The van der Waals surface area contributed by atoms with Crippen molar-refractivity contribution in [2.45, 2.75) is 27.2 Å². The molecule has 1 aliphatic rings. The molecule has 0 amide bonds. The molecule has 0 aromatic carbocycles. The van der Waals surface area contributed by atoms with Crippen LogP contribution < -0.4 is 0 Å². The molecular weight excluding hydrogens is 192 g/mol. The average Bonchev–Trinajstić information content (AvgIpc) is 2.16. The molecule has 1 heterocycles. The van der Waals surface area contributed by atoms with Gasteiger partial charge in [0.1, 0.15) is 0 Å². The third kappa shape index (κ3) is 2.61. The maximum absolute atomic E-state index is 11.2. The number of hydrogen-bond donors (Lipinski definition) is 0. The highest BCUT2D eigenvalue weighted by atomic mass is 32.2. The van der Waals surface area contributed by atoms with Gasteiger partial charge in [-0.1, -0.05) is 43.0 Å². The summed E-state index contributed by atoms with van der Waals surface area (Å²) in [6.07, 6.45) is 5.03. The zero-order chi connectivity index (χ0) is 10.7. The highest BCUT2D eigenvalue weighted by Gasteiger charge is 2.16. The third-order valence-electron chi connectivity index (χ3n) is 2.36. The summed E-state index contributed by atoms with van der Waals surface area (Å²) in [6, 6.07) is 0. The van der Waals surface area contributed by atoms with Crippen molar-refractivity contribution in [1.82, 2.24) is 0 Å². The second-order valence-electron chi connectivity index (χ2n) is 3.64. The van der Waals surface area contributed by atoms with Crippen LogP contribution in [-0.4, -0.2) is 5.78 Å². The Labute approximate surface area is 90.0 Å². The van der Waals surface area contributed by atoms with E-state index in [1.54, 1.807) is 18.7 Å². The normalized spacial score (nSPS) is 18.2. The van der Waals surface area contributed by atoms with Gasteiger partial charge in [0.25, 0.3) is 0 Å². The highest BCUT2D eigenvalue weighted by Crippen LogP contribution is 2.37. The maximum atomic E-state index is 11.2. The fraction of sp³-hybridized carbons (Fsp3) is 0.417. The van der Waals surface area contributed by atoms with Crippen molar-refractivity contribution >= 4 is 17.5 Å². The molecule has 1 unspecified atom stereocenters. The van der Waals surface area contributed by atoms with E-state index in [0.29, 0.717) is 5.92 Å². The summed E-state index contributed by atoms with van der Waals surface area (Å²) in [4.78, 5) is 13.3. The molecule has 1 aliphatic heterocycles. The van der Waals surface area contributed by atoms with E-state index in [0.717, 1.165) is 16.9 Å². The summed E-state index contributed by atoms with van der Waals surface area (Å²) in [5.74, 6) is 0.526. The van der Waals surface area contributed by atoms with Crippen LogP contribution >= 0.6 is 11.8 Å². The Hall–Kier alpha value is -0.760.